The molecule has 2 aromatic rings. The number of hydrogen-bond acceptors (Lipinski definition) is 2. The van der Waals surface area contributed by atoms with E-state index in [4.69, 9.17) is 0 Å². The normalized spacial score (nSPS) is 12.2. The summed E-state index contributed by atoms with van der Waals surface area (Å²) in [5.74, 6) is -0.603. The number of likely N-dealkylation sites (N-methyl/N-ethyl adjacent to an activating group) is 1. The van der Waals surface area contributed by atoms with E-state index in [1.165, 1.54) is 18.2 Å². The number of amides is 1. The monoisotopic (exact) mass is 364 g/mol. The van der Waals surface area contributed by atoms with E-state index < -0.39 is 0 Å². The van der Waals surface area contributed by atoms with Gasteiger partial charge >= 0.3 is 0 Å². The van der Waals surface area contributed by atoms with Crippen LogP contribution in [-0.2, 0) is 0 Å². The third-order valence-corrected chi connectivity index (χ3v) is 4.10. The number of hydrogen-bond donors (Lipinski definition) is 1. The third kappa shape index (κ3) is 4.15. The first-order valence-electron chi connectivity index (χ1n) is 6.93. The molecule has 0 aliphatic carbocycles. The summed E-state index contributed by atoms with van der Waals surface area (Å²) in [5.41, 5.74) is 1.55. The molecule has 0 radical (unpaired) electrons. The van der Waals surface area contributed by atoms with Crippen molar-refractivity contribution >= 4 is 21.8 Å². The van der Waals surface area contributed by atoms with Crippen LogP contribution in [0.3, 0.4) is 0 Å². The summed E-state index contributed by atoms with van der Waals surface area (Å²) in [4.78, 5) is 14.3. The largest absolute Gasteiger partial charge is 0.350 e. The molecule has 116 valence electrons. The van der Waals surface area contributed by atoms with E-state index in [2.05, 4.69) is 26.1 Å². The van der Waals surface area contributed by atoms with Crippen LogP contribution in [0, 0.1) is 5.82 Å². The van der Waals surface area contributed by atoms with Crippen molar-refractivity contribution in [2.75, 3.05) is 20.6 Å². The number of halogens is 2. The van der Waals surface area contributed by atoms with Crippen LogP contribution in [0.2, 0.25) is 0 Å². The lowest BCUT2D eigenvalue weighted by Crippen LogP contribution is -2.34. The predicted molar refractivity (Wildman–Crippen MR) is 89.3 cm³/mol. The van der Waals surface area contributed by atoms with Crippen molar-refractivity contribution in [2.45, 2.75) is 6.04 Å². The molecule has 1 amide bonds. The van der Waals surface area contributed by atoms with Crippen molar-refractivity contribution in [3.63, 3.8) is 0 Å². The Hall–Kier alpha value is -1.72. The van der Waals surface area contributed by atoms with Crippen molar-refractivity contribution in [3.8, 4) is 0 Å². The zero-order valence-corrected chi connectivity index (χ0v) is 14.1. The van der Waals surface area contributed by atoms with E-state index in [0.29, 0.717) is 16.6 Å². The molecule has 2 rings (SSSR count). The van der Waals surface area contributed by atoms with E-state index in [9.17, 15) is 9.18 Å². The van der Waals surface area contributed by atoms with E-state index in [-0.39, 0.29) is 17.8 Å². The van der Waals surface area contributed by atoms with Gasteiger partial charge in [-0.3, -0.25) is 4.79 Å². The molecule has 22 heavy (non-hydrogen) atoms. The van der Waals surface area contributed by atoms with Gasteiger partial charge in [-0.1, -0.05) is 30.3 Å². The molecule has 0 unspecified atom stereocenters. The molecule has 0 aliphatic rings. The van der Waals surface area contributed by atoms with Crippen LogP contribution < -0.4 is 5.32 Å². The molecule has 1 N–H and O–H groups in total. The minimum absolute atomic E-state index is 0.0735. The maximum absolute atomic E-state index is 13.1. The van der Waals surface area contributed by atoms with Gasteiger partial charge in [0.15, 0.2) is 0 Å². The lowest BCUT2D eigenvalue weighted by Gasteiger charge is -2.25. The van der Waals surface area contributed by atoms with Crippen molar-refractivity contribution in [3.05, 3.63) is 69.9 Å². The van der Waals surface area contributed by atoms with E-state index >= 15 is 0 Å². The molecule has 0 aliphatic heterocycles. The zero-order valence-electron chi connectivity index (χ0n) is 12.5. The average molecular weight is 365 g/mol. The Balaban J connectivity index is 2.08. The third-order valence-electron chi connectivity index (χ3n) is 3.44. The summed E-state index contributed by atoms with van der Waals surface area (Å²) >= 11 is 3.22. The fourth-order valence-electron chi connectivity index (χ4n) is 2.23. The maximum Gasteiger partial charge on any atom is 0.252 e. The minimum Gasteiger partial charge on any atom is -0.350 e. The Morgan fingerprint density at radius 2 is 1.91 bits per heavy atom. The minimum atomic E-state index is -0.376. The first kappa shape index (κ1) is 16.6. The molecule has 0 fully saturated rings. The number of benzene rings is 2. The number of carbonyl (C=O) groups is 1. The second-order valence-corrected chi connectivity index (χ2v) is 6.08. The molecule has 3 nitrogen and oxygen atoms in total. The quantitative estimate of drug-likeness (QED) is 0.878. The molecule has 0 heterocycles. The molecule has 0 saturated heterocycles. The summed E-state index contributed by atoms with van der Waals surface area (Å²) in [7, 11) is 3.94. The van der Waals surface area contributed by atoms with Gasteiger partial charge in [-0.15, -0.1) is 0 Å². The van der Waals surface area contributed by atoms with Gasteiger partial charge in [0.1, 0.15) is 5.82 Å². The molecular weight excluding hydrogens is 347 g/mol. The zero-order chi connectivity index (χ0) is 16.1. The van der Waals surface area contributed by atoms with E-state index in [1.807, 2.05) is 44.4 Å². The lowest BCUT2D eigenvalue weighted by molar-refractivity contribution is 0.0941. The molecule has 2 aromatic carbocycles. The lowest BCUT2D eigenvalue weighted by atomic mass is 10.1. The Bertz CT molecular complexity index is 646. The number of nitrogens with zero attached hydrogens (tertiary/aromatic N) is 1. The summed E-state index contributed by atoms with van der Waals surface area (Å²) in [6, 6.07) is 14.1. The van der Waals surface area contributed by atoms with Gasteiger partial charge in [-0.05, 0) is 53.8 Å². The highest BCUT2D eigenvalue weighted by molar-refractivity contribution is 9.10. The summed E-state index contributed by atoms with van der Waals surface area (Å²) in [6.07, 6.45) is 0. The van der Waals surface area contributed by atoms with E-state index in [0.717, 1.165) is 5.56 Å². The van der Waals surface area contributed by atoms with Crippen molar-refractivity contribution in [1.82, 2.24) is 10.2 Å². The molecule has 5 heteroatoms. The van der Waals surface area contributed by atoms with Gasteiger partial charge < -0.3 is 10.2 Å². The van der Waals surface area contributed by atoms with Crippen LogP contribution in [0.25, 0.3) is 0 Å². The number of rotatable bonds is 5. The molecule has 0 aromatic heterocycles. The van der Waals surface area contributed by atoms with Crippen LogP contribution in [0.15, 0.2) is 53.0 Å². The fraction of sp³-hybridized carbons (Fsp3) is 0.235. The van der Waals surface area contributed by atoms with Crippen LogP contribution in [0.4, 0.5) is 4.39 Å². The van der Waals surface area contributed by atoms with Gasteiger partial charge in [0.2, 0.25) is 0 Å². The second-order valence-electron chi connectivity index (χ2n) is 5.22. The molecule has 1 atom stereocenters. The molecule has 0 bridgehead atoms. The number of carbonyl (C=O) groups excluding carboxylic acids is 1. The standard InChI is InChI=1S/C17H18BrFN2O/c1-21(2)16(12-6-4-3-5-7-12)11-20-17(22)14-9-8-13(19)10-15(14)18/h3-10,16H,11H2,1-2H3,(H,20,22)/t16-/m0/s1. The van der Waals surface area contributed by atoms with Crippen LogP contribution in [0.1, 0.15) is 22.0 Å². The van der Waals surface area contributed by atoms with Gasteiger partial charge in [0.05, 0.1) is 11.6 Å². The highest BCUT2D eigenvalue weighted by Gasteiger charge is 2.16. The van der Waals surface area contributed by atoms with Gasteiger partial charge in [-0.2, -0.15) is 0 Å². The van der Waals surface area contributed by atoms with Crippen LogP contribution in [0.5, 0.6) is 0 Å². The second kappa shape index (κ2) is 7.51. The van der Waals surface area contributed by atoms with Gasteiger partial charge in [-0.25, -0.2) is 4.39 Å². The molecule has 0 spiro atoms. The first-order valence-corrected chi connectivity index (χ1v) is 7.73. The predicted octanol–water partition coefficient (Wildman–Crippen LogP) is 3.62. The highest BCUT2D eigenvalue weighted by Crippen LogP contribution is 2.19. The van der Waals surface area contributed by atoms with Gasteiger partial charge in [0, 0.05) is 11.0 Å². The Labute approximate surface area is 138 Å². The Kier molecular flexibility index (Phi) is 5.69. The fourth-order valence-corrected chi connectivity index (χ4v) is 2.76. The van der Waals surface area contributed by atoms with Gasteiger partial charge in [0.25, 0.3) is 5.91 Å². The molecule has 0 saturated carbocycles. The van der Waals surface area contributed by atoms with Crippen molar-refractivity contribution < 1.29 is 9.18 Å². The maximum atomic E-state index is 13.1. The molecular formula is C17H18BrFN2O. The Morgan fingerprint density at radius 1 is 1.23 bits per heavy atom. The highest BCUT2D eigenvalue weighted by atomic mass is 79.9. The average Bonchev–Trinajstić information content (AvgIpc) is 2.48. The van der Waals surface area contributed by atoms with E-state index in [1.54, 1.807) is 0 Å². The first-order chi connectivity index (χ1) is 10.5. The summed E-state index contributed by atoms with van der Waals surface area (Å²) < 4.78 is 13.5. The summed E-state index contributed by atoms with van der Waals surface area (Å²) in [6.45, 7) is 0.472. The number of nitrogens with one attached hydrogen (secondary N) is 1. The SMILES string of the molecule is CN(C)[C@@H](CNC(=O)c1ccc(F)cc1Br)c1ccccc1. The van der Waals surface area contributed by atoms with Crippen molar-refractivity contribution in [1.29, 1.82) is 0 Å². The summed E-state index contributed by atoms with van der Waals surface area (Å²) in [5, 5.41) is 2.91. The smallest absolute Gasteiger partial charge is 0.252 e. The topological polar surface area (TPSA) is 32.3 Å². The van der Waals surface area contributed by atoms with Crippen LogP contribution in [-0.4, -0.2) is 31.4 Å². The Morgan fingerprint density at radius 3 is 2.50 bits per heavy atom. The van der Waals surface area contributed by atoms with Crippen molar-refractivity contribution in [2.24, 2.45) is 0 Å². The van der Waals surface area contributed by atoms with Crippen LogP contribution >= 0.6 is 15.9 Å².